The van der Waals surface area contributed by atoms with Crippen molar-refractivity contribution in [3.05, 3.63) is 94.2 Å². The van der Waals surface area contributed by atoms with Gasteiger partial charge in [-0.2, -0.15) is 5.10 Å². The average molecular weight is 709 g/mol. The van der Waals surface area contributed by atoms with Gasteiger partial charge in [-0.25, -0.2) is 15.0 Å². The van der Waals surface area contributed by atoms with E-state index in [1.165, 1.54) is 6.92 Å². The van der Waals surface area contributed by atoms with Crippen LogP contribution in [0.5, 0.6) is 5.75 Å². The van der Waals surface area contributed by atoms with Crippen molar-refractivity contribution in [2.24, 2.45) is 5.41 Å². The summed E-state index contributed by atoms with van der Waals surface area (Å²) >= 11 is 3.39. The van der Waals surface area contributed by atoms with Gasteiger partial charge in [0, 0.05) is 36.3 Å². The molecule has 48 heavy (non-hydrogen) atoms. The smallest absolute Gasteiger partial charge is 0.248 e. The van der Waals surface area contributed by atoms with E-state index in [1.54, 1.807) is 29.1 Å². The highest BCUT2D eigenvalue weighted by Gasteiger charge is 2.66. The molecule has 2 aromatic carbocycles. The quantitative estimate of drug-likeness (QED) is 0.152. The van der Waals surface area contributed by atoms with Crippen molar-refractivity contribution in [1.29, 1.82) is 0 Å². The summed E-state index contributed by atoms with van der Waals surface area (Å²) in [5.74, 6) is 1.17. The zero-order chi connectivity index (χ0) is 33.7. The van der Waals surface area contributed by atoms with Gasteiger partial charge in [0.15, 0.2) is 5.78 Å². The molecule has 2 aliphatic rings. The minimum absolute atomic E-state index is 0.110. The number of hydrogen-bond acceptors (Lipinski definition) is 8. The van der Waals surface area contributed by atoms with Crippen LogP contribution in [0.4, 0.5) is 5.82 Å². The third-order valence-electron chi connectivity index (χ3n) is 9.51. The second kappa shape index (κ2) is 12.2. The Morgan fingerprint density at radius 1 is 1.00 bits per heavy atom. The molecule has 2 amide bonds. The second-order valence-electron chi connectivity index (χ2n) is 12.7. The molecule has 1 saturated carbocycles. The number of hydrogen-bond donors (Lipinski definition) is 1. The number of aryl methyl sites for hydroxylation is 2. The van der Waals surface area contributed by atoms with E-state index in [0.717, 1.165) is 40.8 Å². The van der Waals surface area contributed by atoms with Crippen molar-refractivity contribution >= 4 is 50.2 Å². The zero-order valence-electron chi connectivity index (χ0n) is 27.0. The first-order valence-electron chi connectivity index (χ1n) is 15.7. The van der Waals surface area contributed by atoms with E-state index in [0.29, 0.717) is 33.6 Å². The summed E-state index contributed by atoms with van der Waals surface area (Å²) in [5.41, 5.74) is 4.29. The SMILES string of the molecule is COc1ccc(C[C@@]23C[C@@H](C(=O)Nc4nc(Br)ccc4C)N(C(=O)Cn4nc(C(C)=O)c5cc(-c6cnc(C)nc6)ccc54)[C@@H]2C3)cc1. The number of ether oxygens (including phenoxy) is 1. The van der Waals surface area contributed by atoms with Gasteiger partial charge in [-0.15, -0.1) is 0 Å². The van der Waals surface area contributed by atoms with Gasteiger partial charge in [0.2, 0.25) is 11.8 Å². The summed E-state index contributed by atoms with van der Waals surface area (Å²) in [4.78, 5) is 55.8. The van der Waals surface area contributed by atoms with Crippen LogP contribution in [0, 0.1) is 19.3 Å². The Kier molecular flexibility index (Phi) is 8.06. The van der Waals surface area contributed by atoms with Gasteiger partial charge >= 0.3 is 0 Å². The lowest BCUT2D eigenvalue weighted by Gasteiger charge is -2.27. The predicted molar refractivity (Wildman–Crippen MR) is 184 cm³/mol. The molecule has 1 N–H and O–H groups in total. The maximum atomic E-state index is 14.3. The topological polar surface area (TPSA) is 132 Å². The molecule has 5 aromatic rings. The molecule has 1 aliphatic heterocycles. The third kappa shape index (κ3) is 5.85. The van der Waals surface area contributed by atoms with Gasteiger partial charge in [0.25, 0.3) is 0 Å². The Morgan fingerprint density at radius 2 is 1.75 bits per heavy atom. The number of nitrogens with zero attached hydrogens (tertiary/aromatic N) is 6. The summed E-state index contributed by atoms with van der Waals surface area (Å²) in [6.07, 6.45) is 5.52. The normalized spacial score (nSPS) is 19.6. The number of likely N-dealkylation sites (tertiary alicyclic amines) is 1. The van der Waals surface area contributed by atoms with E-state index >= 15 is 0 Å². The Balaban J connectivity index is 1.20. The van der Waals surface area contributed by atoms with Crippen LogP contribution in [0.15, 0.2) is 71.6 Å². The third-order valence-corrected chi connectivity index (χ3v) is 9.95. The number of amides is 2. The summed E-state index contributed by atoms with van der Waals surface area (Å²) in [6, 6.07) is 16.5. The van der Waals surface area contributed by atoms with Gasteiger partial charge in [-0.05, 0) is 101 Å². The molecule has 7 rings (SSSR count). The standard InChI is InChI=1S/C36H34BrN7O4/c1-20-5-12-31(37)40-34(20)41-35(47)29-15-36(14-23-6-9-26(48-4)10-7-23)16-30(36)44(29)32(46)19-43-28-11-8-24(25-17-38-22(3)39-18-25)13-27(28)33(42-43)21(2)45/h5-13,17-18,29-30H,14-16,19H2,1-4H3,(H,40,41,47)/t29-,30+,36-/m0/s1. The molecule has 12 heteroatoms. The van der Waals surface area contributed by atoms with Crippen LogP contribution in [0.3, 0.4) is 0 Å². The molecule has 3 atom stereocenters. The van der Waals surface area contributed by atoms with Gasteiger partial charge in [0.1, 0.15) is 40.3 Å². The molecular weight excluding hydrogens is 674 g/mol. The monoisotopic (exact) mass is 707 g/mol. The molecule has 0 unspecified atom stereocenters. The molecular formula is C36H34BrN7O4. The molecule has 2 fully saturated rings. The fourth-order valence-corrected chi connectivity index (χ4v) is 7.25. The highest BCUT2D eigenvalue weighted by Crippen LogP contribution is 2.61. The number of ketones is 1. The average Bonchev–Trinajstić information content (AvgIpc) is 3.47. The van der Waals surface area contributed by atoms with Gasteiger partial charge in [0.05, 0.1) is 12.6 Å². The summed E-state index contributed by atoms with van der Waals surface area (Å²) < 4.78 is 7.51. The number of rotatable bonds is 9. The minimum atomic E-state index is -0.697. The van der Waals surface area contributed by atoms with Crippen LogP contribution in [0.25, 0.3) is 22.0 Å². The first kappa shape index (κ1) is 31.6. The van der Waals surface area contributed by atoms with Crippen LogP contribution in [0.2, 0.25) is 0 Å². The van der Waals surface area contributed by atoms with Crippen LogP contribution < -0.4 is 10.1 Å². The predicted octanol–water partition coefficient (Wildman–Crippen LogP) is 5.72. The maximum absolute atomic E-state index is 14.3. The number of piperidine rings is 1. The Labute approximate surface area is 285 Å². The fraction of sp³-hybridized carbons (Fsp3) is 0.306. The lowest BCUT2D eigenvalue weighted by atomic mass is 9.91. The molecule has 244 valence electrons. The highest BCUT2D eigenvalue weighted by atomic mass is 79.9. The summed E-state index contributed by atoms with van der Waals surface area (Å²) in [7, 11) is 1.64. The van der Waals surface area contributed by atoms with E-state index in [2.05, 4.69) is 41.3 Å². The van der Waals surface area contributed by atoms with E-state index in [-0.39, 0.29) is 41.3 Å². The fourth-order valence-electron chi connectivity index (χ4n) is 6.94. The van der Waals surface area contributed by atoms with Gasteiger partial charge in [-0.3, -0.25) is 19.1 Å². The van der Waals surface area contributed by atoms with Gasteiger partial charge < -0.3 is 15.0 Å². The Hall–Kier alpha value is -4.97. The van der Waals surface area contributed by atoms with E-state index in [4.69, 9.17) is 4.74 Å². The molecule has 1 aliphatic carbocycles. The molecule has 0 bridgehead atoms. The molecule has 4 heterocycles. The van der Waals surface area contributed by atoms with Crippen LogP contribution in [0.1, 0.15) is 47.2 Å². The molecule has 0 spiro atoms. The highest BCUT2D eigenvalue weighted by molar-refractivity contribution is 9.10. The van der Waals surface area contributed by atoms with Crippen molar-refractivity contribution in [1.82, 2.24) is 29.6 Å². The van der Waals surface area contributed by atoms with Crippen LogP contribution in [-0.2, 0) is 22.6 Å². The number of halogens is 1. The zero-order valence-corrected chi connectivity index (χ0v) is 28.6. The molecule has 11 nitrogen and oxygen atoms in total. The lowest BCUT2D eigenvalue weighted by Crippen LogP contribution is -2.47. The van der Waals surface area contributed by atoms with Crippen LogP contribution >= 0.6 is 15.9 Å². The number of pyridine rings is 1. The number of Topliss-reactive ketones (excluding diaryl/α,β-unsaturated/α-hetero) is 1. The number of methoxy groups -OCH3 is 1. The second-order valence-corrected chi connectivity index (χ2v) is 13.5. The van der Waals surface area contributed by atoms with Gasteiger partial charge in [-0.1, -0.05) is 24.3 Å². The maximum Gasteiger partial charge on any atom is 0.248 e. The van der Waals surface area contributed by atoms with E-state index in [1.807, 2.05) is 68.4 Å². The summed E-state index contributed by atoms with van der Waals surface area (Å²) in [5, 5.41) is 8.23. The Morgan fingerprint density at radius 3 is 2.46 bits per heavy atom. The number of anilines is 1. The molecule has 1 saturated heterocycles. The first-order valence-corrected chi connectivity index (χ1v) is 16.5. The first-order chi connectivity index (χ1) is 23.0. The van der Waals surface area contributed by atoms with Crippen molar-refractivity contribution < 1.29 is 19.1 Å². The van der Waals surface area contributed by atoms with E-state index in [9.17, 15) is 14.4 Å². The number of nitrogens with one attached hydrogen (secondary N) is 1. The van der Waals surface area contributed by atoms with Crippen molar-refractivity contribution in [2.45, 2.75) is 58.7 Å². The lowest BCUT2D eigenvalue weighted by molar-refractivity contribution is -0.138. The number of carbonyl (C=O) groups is 3. The molecule has 0 radical (unpaired) electrons. The van der Waals surface area contributed by atoms with Crippen LogP contribution in [-0.4, -0.2) is 66.4 Å². The summed E-state index contributed by atoms with van der Waals surface area (Å²) in [6.45, 7) is 5.04. The number of benzene rings is 2. The Bertz CT molecular complexity index is 2080. The largest absolute Gasteiger partial charge is 0.497 e. The minimum Gasteiger partial charge on any atom is -0.497 e. The number of fused-ring (bicyclic) bond motifs is 2. The van der Waals surface area contributed by atoms with Crippen molar-refractivity contribution in [3.8, 4) is 16.9 Å². The van der Waals surface area contributed by atoms with E-state index < -0.39 is 6.04 Å². The van der Waals surface area contributed by atoms with Crippen molar-refractivity contribution in [2.75, 3.05) is 12.4 Å². The number of carbonyl (C=O) groups excluding carboxylic acids is 3. The van der Waals surface area contributed by atoms with Crippen molar-refractivity contribution in [3.63, 3.8) is 0 Å². The number of aromatic nitrogens is 5. The molecule has 3 aromatic heterocycles.